The maximum atomic E-state index is 11.7. The van der Waals surface area contributed by atoms with Crippen molar-refractivity contribution in [1.82, 2.24) is 19.9 Å². The van der Waals surface area contributed by atoms with Crippen molar-refractivity contribution >= 4 is 22.6 Å². The van der Waals surface area contributed by atoms with Crippen LogP contribution in [0.1, 0.15) is 38.6 Å². The fourth-order valence-corrected chi connectivity index (χ4v) is 5.53. The van der Waals surface area contributed by atoms with Crippen LogP contribution in [-0.4, -0.2) is 58.4 Å². The molecule has 8 nitrogen and oxygen atoms in total. The molecule has 1 N–H and O–H groups in total. The van der Waals surface area contributed by atoms with E-state index in [0.717, 1.165) is 48.2 Å². The molecule has 2 bridgehead atoms. The molecule has 176 valence electrons. The first kappa shape index (κ1) is 20.3. The van der Waals surface area contributed by atoms with Crippen LogP contribution in [0.3, 0.4) is 0 Å². The summed E-state index contributed by atoms with van der Waals surface area (Å²) in [5, 5.41) is 2.91. The highest BCUT2D eigenvalue weighted by atomic mass is 16.5. The Bertz CT molecular complexity index is 1240. The van der Waals surface area contributed by atoms with Crippen molar-refractivity contribution in [2.24, 2.45) is 5.92 Å². The van der Waals surface area contributed by atoms with E-state index in [4.69, 9.17) is 19.4 Å². The summed E-state index contributed by atoms with van der Waals surface area (Å²) in [6.45, 7) is 4.61. The van der Waals surface area contributed by atoms with Crippen molar-refractivity contribution in [3.63, 3.8) is 0 Å². The fraction of sp³-hybridized carbons (Fsp3) is 0.500. The highest BCUT2D eigenvalue weighted by molar-refractivity contribution is 5.85. The molecule has 2 aromatic heterocycles. The average molecular weight is 460 g/mol. The molecule has 4 unspecified atom stereocenters. The number of nitrogens with one attached hydrogen (secondary N) is 1. The Hall–Kier alpha value is -3.13. The van der Waals surface area contributed by atoms with E-state index >= 15 is 0 Å². The van der Waals surface area contributed by atoms with E-state index in [1.807, 2.05) is 13.3 Å². The van der Waals surface area contributed by atoms with Gasteiger partial charge in [-0.1, -0.05) is 12.1 Å². The third-order valence-electron chi connectivity index (χ3n) is 7.72. The average Bonchev–Trinajstić information content (AvgIpc) is 3.44. The van der Waals surface area contributed by atoms with Crippen LogP contribution in [-0.2, 0) is 9.53 Å². The van der Waals surface area contributed by atoms with Gasteiger partial charge in [0.05, 0.1) is 29.7 Å². The predicted octanol–water partition coefficient (Wildman–Crippen LogP) is 3.31. The molecule has 1 amide bonds. The fourth-order valence-electron chi connectivity index (χ4n) is 5.53. The molecule has 6 heterocycles. The monoisotopic (exact) mass is 459 g/mol. The minimum Gasteiger partial charge on any atom is -0.473 e. The molecule has 5 fully saturated rings. The molecule has 34 heavy (non-hydrogen) atoms. The van der Waals surface area contributed by atoms with Crippen LogP contribution < -0.4 is 15.0 Å². The zero-order chi connectivity index (χ0) is 22.8. The van der Waals surface area contributed by atoms with E-state index < -0.39 is 0 Å². The first-order valence-corrected chi connectivity index (χ1v) is 12.4. The third-order valence-corrected chi connectivity index (χ3v) is 7.72. The van der Waals surface area contributed by atoms with E-state index in [0.29, 0.717) is 37.1 Å². The molecule has 1 saturated carbocycles. The van der Waals surface area contributed by atoms with Crippen LogP contribution >= 0.6 is 0 Å². The zero-order valence-corrected chi connectivity index (χ0v) is 19.3. The van der Waals surface area contributed by atoms with Crippen LogP contribution in [0, 0.1) is 5.92 Å². The topological polar surface area (TPSA) is 81.5 Å². The van der Waals surface area contributed by atoms with E-state index in [1.165, 1.54) is 12.1 Å². The highest BCUT2D eigenvalue weighted by Crippen LogP contribution is 2.40. The van der Waals surface area contributed by atoms with Gasteiger partial charge < -0.3 is 24.3 Å². The number of anilines is 1. The minimum atomic E-state index is -0.123. The van der Waals surface area contributed by atoms with Crippen LogP contribution in [0.4, 0.5) is 5.69 Å². The maximum Gasteiger partial charge on any atom is 0.241 e. The SMILES string of the molecule is CC(Oc1nc(-c2ccc(N3CC4CC(C3)O4)cc2)cc2ncn(C3CC3)c12)C1CNC(=O)C1. The van der Waals surface area contributed by atoms with Gasteiger partial charge in [0, 0.05) is 55.7 Å². The Labute approximate surface area is 198 Å². The van der Waals surface area contributed by atoms with Gasteiger partial charge >= 0.3 is 0 Å². The van der Waals surface area contributed by atoms with E-state index in [1.54, 1.807) is 0 Å². The molecule has 4 saturated heterocycles. The lowest BCUT2D eigenvalue weighted by Crippen LogP contribution is -2.57. The molecule has 0 spiro atoms. The molecule has 1 aromatic carbocycles. The molecule has 8 heteroatoms. The number of ether oxygens (including phenoxy) is 2. The number of nitrogens with zero attached hydrogens (tertiary/aromatic N) is 4. The summed E-state index contributed by atoms with van der Waals surface area (Å²) in [4.78, 5) is 23.8. The van der Waals surface area contributed by atoms with Gasteiger partial charge in [-0.15, -0.1) is 0 Å². The lowest BCUT2D eigenvalue weighted by molar-refractivity contribution is -0.133. The van der Waals surface area contributed by atoms with Crippen molar-refractivity contribution in [3.8, 4) is 17.1 Å². The lowest BCUT2D eigenvalue weighted by atomic mass is 9.98. The number of rotatable bonds is 6. The normalized spacial score (nSPS) is 26.9. The van der Waals surface area contributed by atoms with Crippen molar-refractivity contribution in [2.45, 2.75) is 57.0 Å². The zero-order valence-electron chi connectivity index (χ0n) is 19.3. The lowest BCUT2D eigenvalue weighted by Gasteiger charge is -2.48. The van der Waals surface area contributed by atoms with Crippen molar-refractivity contribution in [1.29, 1.82) is 0 Å². The van der Waals surface area contributed by atoms with Crippen LogP contribution in [0.15, 0.2) is 36.7 Å². The number of benzene rings is 1. The first-order valence-electron chi connectivity index (χ1n) is 12.4. The smallest absolute Gasteiger partial charge is 0.241 e. The second kappa shape index (κ2) is 7.70. The summed E-state index contributed by atoms with van der Waals surface area (Å²) < 4.78 is 14.4. The number of piperidine rings is 1. The summed E-state index contributed by atoms with van der Waals surface area (Å²) in [5.74, 6) is 0.846. The number of fused-ring (bicyclic) bond motifs is 3. The predicted molar refractivity (Wildman–Crippen MR) is 128 cm³/mol. The third kappa shape index (κ3) is 3.52. The molecule has 4 aliphatic heterocycles. The quantitative estimate of drug-likeness (QED) is 0.609. The van der Waals surface area contributed by atoms with Gasteiger partial charge in [-0.2, -0.15) is 0 Å². The van der Waals surface area contributed by atoms with Crippen molar-refractivity contribution in [3.05, 3.63) is 36.7 Å². The molecule has 1 aliphatic carbocycles. The largest absolute Gasteiger partial charge is 0.473 e. The van der Waals surface area contributed by atoms with Gasteiger partial charge in [0.25, 0.3) is 0 Å². The number of hydrogen-bond acceptors (Lipinski definition) is 6. The number of amides is 1. The summed E-state index contributed by atoms with van der Waals surface area (Å²) >= 11 is 0. The van der Waals surface area contributed by atoms with E-state index in [-0.39, 0.29) is 17.9 Å². The van der Waals surface area contributed by atoms with E-state index in [2.05, 4.69) is 45.1 Å². The molecule has 5 aliphatic rings. The van der Waals surface area contributed by atoms with Gasteiger partial charge in [0.2, 0.25) is 11.8 Å². The molecule has 8 rings (SSSR count). The Balaban J connectivity index is 1.21. The number of hydrogen-bond donors (Lipinski definition) is 1. The second-order valence-electron chi connectivity index (χ2n) is 10.2. The number of carbonyl (C=O) groups is 1. The molecular weight excluding hydrogens is 430 g/mol. The number of aromatic nitrogens is 3. The van der Waals surface area contributed by atoms with Crippen LogP contribution in [0.2, 0.25) is 0 Å². The van der Waals surface area contributed by atoms with E-state index in [9.17, 15) is 4.79 Å². The standard InChI is InChI=1S/C26H29N5O3/c1-15(17-8-24(32)27-11-17)33-26-25-23(28-14-31(25)19-6-7-19)10-22(29-26)16-2-4-18(5-3-16)30-12-20-9-21(13-30)34-20/h2-5,10,14-15,17,19-21H,6-9,11-13H2,1H3,(H,27,32). The molecular formula is C26H29N5O3. The van der Waals surface area contributed by atoms with Gasteiger partial charge in [-0.05, 0) is 38.0 Å². The van der Waals surface area contributed by atoms with Crippen molar-refractivity contribution in [2.75, 3.05) is 24.5 Å². The van der Waals surface area contributed by atoms with Gasteiger partial charge in [0.1, 0.15) is 11.6 Å². The number of morpholine rings is 1. The second-order valence-corrected chi connectivity index (χ2v) is 10.2. The Morgan fingerprint density at radius 3 is 2.62 bits per heavy atom. The molecule has 0 radical (unpaired) electrons. The highest BCUT2D eigenvalue weighted by Gasteiger charge is 2.38. The number of carbonyl (C=O) groups excluding carboxylic acids is 1. The molecule has 3 aromatic rings. The number of pyridine rings is 1. The van der Waals surface area contributed by atoms with Gasteiger partial charge in [0.15, 0.2) is 0 Å². The maximum absolute atomic E-state index is 11.7. The van der Waals surface area contributed by atoms with Gasteiger partial charge in [-0.25, -0.2) is 9.97 Å². The van der Waals surface area contributed by atoms with Crippen LogP contribution in [0.25, 0.3) is 22.3 Å². The summed E-state index contributed by atoms with van der Waals surface area (Å²) in [5.41, 5.74) is 4.98. The Kier molecular flexibility index (Phi) is 4.59. The number of imidazole rings is 1. The Morgan fingerprint density at radius 2 is 1.94 bits per heavy atom. The van der Waals surface area contributed by atoms with Gasteiger partial charge in [-0.3, -0.25) is 4.79 Å². The minimum absolute atomic E-state index is 0.0907. The Morgan fingerprint density at radius 1 is 1.18 bits per heavy atom. The molecule has 4 atom stereocenters. The summed E-state index contributed by atoms with van der Waals surface area (Å²) in [6.07, 6.45) is 6.57. The summed E-state index contributed by atoms with van der Waals surface area (Å²) in [7, 11) is 0. The van der Waals surface area contributed by atoms with Crippen LogP contribution in [0.5, 0.6) is 5.88 Å². The first-order chi connectivity index (χ1) is 16.6. The van der Waals surface area contributed by atoms with Crippen molar-refractivity contribution < 1.29 is 14.3 Å². The summed E-state index contributed by atoms with van der Waals surface area (Å²) in [6, 6.07) is 11.2.